The molecule has 3 nitrogen and oxygen atoms in total. The standard InChI is InChI=1S/C15H23NO2/c1-10(2)13-14(17-11-6-7-11)12(8-9-16-13)18-15(3,4)5/h8-11H,6-7H2,1-5H3. The number of ether oxygens (including phenoxy) is 2. The van der Waals surface area contributed by atoms with Crippen LogP contribution in [0.15, 0.2) is 12.3 Å². The molecular formula is C15H23NO2. The van der Waals surface area contributed by atoms with Crippen molar-refractivity contribution in [2.24, 2.45) is 0 Å². The number of nitrogens with zero attached hydrogens (tertiary/aromatic N) is 1. The van der Waals surface area contributed by atoms with Crippen molar-refractivity contribution >= 4 is 0 Å². The Morgan fingerprint density at radius 3 is 2.44 bits per heavy atom. The van der Waals surface area contributed by atoms with Crippen LogP contribution in [0.3, 0.4) is 0 Å². The first-order chi connectivity index (χ1) is 8.37. The summed E-state index contributed by atoms with van der Waals surface area (Å²) in [7, 11) is 0. The number of hydrogen-bond donors (Lipinski definition) is 0. The average molecular weight is 249 g/mol. The van der Waals surface area contributed by atoms with Crippen molar-refractivity contribution in [3.8, 4) is 11.5 Å². The fraction of sp³-hybridized carbons (Fsp3) is 0.667. The van der Waals surface area contributed by atoms with Crippen molar-refractivity contribution in [1.29, 1.82) is 0 Å². The van der Waals surface area contributed by atoms with Gasteiger partial charge in [0, 0.05) is 12.3 Å². The summed E-state index contributed by atoms with van der Waals surface area (Å²) in [5.74, 6) is 1.99. The summed E-state index contributed by atoms with van der Waals surface area (Å²) in [6, 6.07) is 1.90. The highest BCUT2D eigenvalue weighted by molar-refractivity contribution is 5.44. The molecule has 1 aliphatic carbocycles. The first-order valence-electron chi connectivity index (χ1n) is 6.71. The topological polar surface area (TPSA) is 31.4 Å². The lowest BCUT2D eigenvalue weighted by Gasteiger charge is -2.24. The van der Waals surface area contributed by atoms with Crippen LogP contribution in [0, 0.1) is 0 Å². The van der Waals surface area contributed by atoms with Gasteiger partial charge in [-0.05, 0) is 39.5 Å². The van der Waals surface area contributed by atoms with Gasteiger partial charge in [-0.1, -0.05) is 13.8 Å². The second-order valence-corrected chi connectivity index (χ2v) is 6.21. The Bertz CT molecular complexity index is 417. The number of rotatable bonds is 4. The van der Waals surface area contributed by atoms with Crippen molar-refractivity contribution < 1.29 is 9.47 Å². The van der Waals surface area contributed by atoms with E-state index >= 15 is 0 Å². The quantitative estimate of drug-likeness (QED) is 0.810. The second-order valence-electron chi connectivity index (χ2n) is 6.21. The molecule has 18 heavy (non-hydrogen) atoms. The third-order valence-electron chi connectivity index (χ3n) is 2.67. The van der Waals surface area contributed by atoms with E-state index in [0.29, 0.717) is 12.0 Å². The second kappa shape index (κ2) is 4.79. The van der Waals surface area contributed by atoms with Crippen LogP contribution in [0.25, 0.3) is 0 Å². The first kappa shape index (κ1) is 13.2. The van der Waals surface area contributed by atoms with E-state index in [1.54, 1.807) is 6.20 Å². The molecule has 0 spiro atoms. The van der Waals surface area contributed by atoms with Crippen LogP contribution in [-0.4, -0.2) is 16.7 Å². The molecule has 0 radical (unpaired) electrons. The van der Waals surface area contributed by atoms with E-state index < -0.39 is 0 Å². The Morgan fingerprint density at radius 2 is 1.94 bits per heavy atom. The highest BCUT2D eigenvalue weighted by Crippen LogP contribution is 2.39. The van der Waals surface area contributed by atoms with Gasteiger partial charge in [0.15, 0.2) is 11.5 Å². The summed E-state index contributed by atoms with van der Waals surface area (Å²) in [5, 5.41) is 0. The maximum atomic E-state index is 6.01. The lowest BCUT2D eigenvalue weighted by molar-refractivity contribution is 0.122. The third kappa shape index (κ3) is 3.37. The Morgan fingerprint density at radius 1 is 1.28 bits per heavy atom. The minimum Gasteiger partial charge on any atom is -0.485 e. The molecule has 3 heteroatoms. The summed E-state index contributed by atoms with van der Waals surface area (Å²) in [6.07, 6.45) is 4.44. The molecule has 0 amide bonds. The molecule has 2 rings (SSSR count). The van der Waals surface area contributed by atoms with Gasteiger partial charge in [-0.25, -0.2) is 0 Å². The first-order valence-corrected chi connectivity index (χ1v) is 6.71. The number of hydrogen-bond acceptors (Lipinski definition) is 3. The van der Waals surface area contributed by atoms with Crippen LogP contribution in [0.5, 0.6) is 11.5 Å². The zero-order valence-corrected chi connectivity index (χ0v) is 12.0. The van der Waals surface area contributed by atoms with Crippen molar-refractivity contribution in [3.05, 3.63) is 18.0 Å². The van der Waals surface area contributed by atoms with E-state index in [-0.39, 0.29) is 5.60 Å². The molecule has 0 aliphatic heterocycles. The molecule has 1 aromatic heterocycles. The Hall–Kier alpha value is -1.25. The highest BCUT2D eigenvalue weighted by atomic mass is 16.5. The summed E-state index contributed by atoms with van der Waals surface area (Å²) in [5.41, 5.74) is 0.765. The van der Waals surface area contributed by atoms with E-state index in [9.17, 15) is 0 Å². The van der Waals surface area contributed by atoms with Crippen LogP contribution in [0.1, 0.15) is 59.1 Å². The van der Waals surface area contributed by atoms with Crippen molar-refractivity contribution in [2.45, 2.75) is 65.1 Å². The van der Waals surface area contributed by atoms with Crippen molar-refractivity contribution in [3.63, 3.8) is 0 Å². The maximum Gasteiger partial charge on any atom is 0.183 e. The fourth-order valence-corrected chi connectivity index (χ4v) is 1.74. The molecule has 0 bridgehead atoms. The van der Waals surface area contributed by atoms with Gasteiger partial charge in [0.25, 0.3) is 0 Å². The SMILES string of the molecule is CC(C)c1nccc(OC(C)(C)C)c1OC1CC1. The molecule has 0 atom stereocenters. The van der Waals surface area contributed by atoms with Gasteiger partial charge in [-0.15, -0.1) is 0 Å². The van der Waals surface area contributed by atoms with Gasteiger partial charge < -0.3 is 9.47 Å². The monoisotopic (exact) mass is 249 g/mol. The van der Waals surface area contributed by atoms with E-state index in [1.165, 1.54) is 0 Å². The summed E-state index contributed by atoms with van der Waals surface area (Å²) >= 11 is 0. The third-order valence-corrected chi connectivity index (χ3v) is 2.67. The molecule has 0 unspecified atom stereocenters. The average Bonchev–Trinajstić information content (AvgIpc) is 3.01. The van der Waals surface area contributed by atoms with E-state index in [4.69, 9.17) is 9.47 Å². The maximum absolute atomic E-state index is 6.01. The number of aromatic nitrogens is 1. The lowest BCUT2D eigenvalue weighted by atomic mass is 10.1. The largest absolute Gasteiger partial charge is 0.485 e. The van der Waals surface area contributed by atoms with E-state index in [2.05, 4.69) is 18.8 Å². The van der Waals surface area contributed by atoms with Crippen molar-refractivity contribution in [1.82, 2.24) is 4.98 Å². The molecule has 1 aliphatic rings. The van der Waals surface area contributed by atoms with Crippen molar-refractivity contribution in [2.75, 3.05) is 0 Å². The Labute approximate surface area is 110 Å². The summed E-state index contributed by atoms with van der Waals surface area (Å²) in [4.78, 5) is 4.44. The van der Waals surface area contributed by atoms with Crippen LogP contribution in [0.4, 0.5) is 0 Å². The normalized spacial score (nSPS) is 15.9. The predicted molar refractivity (Wildman–Crippen MR) is 72.4 cm³/mol. The lowest BCUT2D eigenvalue weighted by Crippen LogP contribution is -2.23. The summed E-state index contributed by atoms with van der Waals surface area (Å²) in [6.45, 7) is 10.4. The molecule has 1 aromatic rings. The molecule has 0 saturated heterocycles. The number of pyridine rings is 1. The Kier molecular flexibility index (Phi) is 3.51. The predicted octanol–water partition coefficient (Wildman–Crippen LogP) is 3.92. The van der Waals surface area contributed by atoms with Gasteiger partial charge in [0.1, 0.15) is 5.60 Å². The fourth-order valence-electron chi connectivity index (χ4n) is 1.74. The minimum atomic E-state index is -0.225. The van der Waals surface area contributed by atoms with Gasteiger partial charge >= 0.3 is 0 Å². The van der Waals surface area contributed by atoms with E-state index in [1.807, 2.05) is 26.8 Å². The molecule has 100 valence electrons. The van der Waals surface area contributed by atoms with Crippen LogP contribution < -0.4 is 9.47 Å². The van der Waals surface area contributed by atoms with Gasteiger partial charge in [-0.2, -0.15) is 0 Å². The Balaban J connectivity index is 2.33. The zero-order valence-electron chi connectivity index (χ0n) is 12.0. The summed E-state index contributed by atoms with van der Waals surface area (Å²) < 4.78 is 12.0. The molecule has 0 aromatic carbocycles. The molecule has 1 fully saturated rings. The van der Waals surface area contributed by atoms with Gasteiger partial charge in [0.05, 0.1) is 11.8 Å². The highest BCUT2D eigenvalue weighted by Gasteiger charge is 2.28. The van der Waals surface area contributed by atoms with Crippen LogP contribution in [0.2, 0.25) is 0 Å². The van der Waals surface area contributed by atoms with Gasteiger partial charge in [0.2, 0.25) is 0 Å². The zero-order chi connectivity index (χ0) is 13.3. The van der Waals surface area contributed by atoms with Crippen LogP contribution >= 0.6 is 0 Å². The molecular weight excluding hydrogens is 226 g/mol. The van der Waals surface area contributed by atoms with E-state index in [0.717, 1.165) is 30.0 Å². The van der Waals surface area contributed by atoms with Gasteiger partial charge in [-0.3, -0.25) is 4.98 Å². The smallest absolute Gasteiger partial charge is 0.183 e. The molecule has 1 saturated carbocycles. The minimum absolute atomic E-state index is 0.225. The molecule has 0 N–H and O–H groups in total. The van der Waals surface area contributed by atoms with Crippen LogP contribution in [-0.2, 0) is 0 Å². The molecule has 1 heterocycles.